The first kappa shape index (κ1) is 13.8. The molecule has 0 aromatic heterocycles. The molecule has 1 rings (SSSR count). The number of ketones is 1. The zero-order chi connectivity index (χ0) is 12.8. The van der Waals surface area contributed by atoms with Crippen molar-refractivity contribution in [3.05, 3.63) is 29.8 Å². The van der Waals surface area contributed by atoms with Gasteiger partial charge in [-0.25, -0.2) is 0 Å². The highest BCUT2D eigenvalue weighted by Gasteiger charge is 2.17. The molecule has 1 aromatic rings. The van der Waals surface area contributed by atoms with Gasteiger partial charge in [-0.15, -0.1) is 0 Å². The summed E-state index contributed by atoms with van der Waals surface area (Å²) in [4.78, 5) is 11.5. The molecule has 2 nitrogen and oxygen atoms in total. The van der Waals surface area contributed by atoms with Crippen molar-refractivity contribution in [3.8, 4) is 5.75 Å². The van der Waals surface area contributed by atoms with Crippen LogP contribution in [0.15, 0.2) is 24.3 Å². The van der Waals surface area contributed by atoms with Crippen LogP contribution < -0.4 is 4.74 Å². The summed E-state index contributed by atoms with van der Waals surface area (Å²) in [5.74, 6) is 1.78. The van der Waals surface area contributed by atoms with E-state index in [0.29, 0.717) is 11.7 Å². The average molecular weight is 234 g/mol. The maximum absolute atomic E-state index is 11.5. The van der Waals surface area contributed by atoms with Gasteiger partial charge in [-0.05, 0) is 43.4 Å². The number of carbonyl (C=O) groups is 1. The third kappa shape index (κ3) is 4.22. The fraction of sp³-hybridized carbons (Fsp3) is 0.533. The molecule has 0 saturated heterocycles. The van der Waals surface area contributed by atoms with E-state index in [9.17, 15) is 4.79 Å². The normalized spacial score (nSPS) is 12.5. The third-order valence-electron chi connectivity index (χ3n) is 3.23. The van der Waals surface area contributed by atoms with Gasteiger partial charge in [-0.2, -0.15) is 0 Å². The highest BCUT2D eigenvalue weighted by Crippen LogP contribution is 2.20. The number of carbonyl (C=O) groups excluding carboxylic acids is 1. The Labute approximate surface area is 104 Å². The van der Waals surface area contributed by atoms with Crippen LogP contribution in [-0.4, -0.2) is 12.9 Å². The lowest BCUT2D eigenvalue weighted by molar-refractivity contribution is -0.122. The van der Waals surface area contributed by atoms with Crippen LogP contribution in [-0.2, 0) is 11.2 Å². The molecule has 1 atom stereocenters. The van der Waals surface area contributed by atoms with Gasteiger partial charge >= 0.3 is 0 Å². The largest absolute Gasteiger partial charge is 0.497 e. The molecule has 1 aromatic carbocycles. The monoisotopic (exact) mass is 234 g/mol. The Morgan fingerprint density at radius 1 is 1.24 bits per heavy atom. The van der Waals surface area contributed by atoms with Gasteiger partial charge in [0.2, 0.25) is 0 Å². The van der Waals surface area contributed by atoms with Crippen molar-refractivity contribution in [2.45, 2.75) is 33.6 Å². The van der Waals surface area contributed by atoms with Crippen LogP contribution in [0.3, 0.4) is 0 Å². The standard InChI is InChI=1S/C15H22O2/c1-11(2)15(12(3)16)10-7-13-5-8-14(17-4)9-6-13/h5-6,8-9,11,15H,7,10H2,1-4H3. The number of rotatable bonds is 6. The molecule has 0 N–H and O–H groups in total. The predicted molar refractivity (Wildman–Crippen MR) is 70.3 cm³/mol. The molecule has 94 valence electrons. The molecule has 17 heavy (non-hydrogen) atoms. The number of aryl methyl sites for hydroxylation is 1. The first-order chi connectivity index (χ1) is 8.04. The van der Waals surface area contributed by atoms with Crippen molar-refractivity contribution in [1.29, 1.82) is 0 Å². The minimum atomic E-state index is 0.178. The van der Waals surface area contributed by atoms with Gasteiger partial charge in [0, 0.05) is 5.92 Å². The van der Waals surface area contributed by atoms with Crippen molar-refractivity contribution in [2.75, 3.05) is 7.11 Å². The van der Waals surface area contributed by atoms with Gasteiger partial charge in [0.1, 0.15) is 11.5 Å². The SMILES string of the molecule is COc1ccc(CCC(C(C)=O)C(C)C)cc1. The lowest BCUT2D eigenvalue weighted by atomic mass is 9.87. The lowest BCUT2D eigenvalue weighted by Gasteiger charge is -2.17. The van der Waals surface area contributed by atoms with Crippen LogP contribution in [0.2, 0.25) is 0 Å². The molecule has 0 aliphatic heterocycles. The molecule has 0 spiro atoms. The van der Waals surface area contributed by atoms with Gasteiger partial charge in [0.25, 0.3) is 0 Å². The number of Topliss-reactive ketones (excluding diaryl/α,β-unsaturated/α-hetero) is 1. The van der Waals surface area contributed by atoms with Crippen LogP contribution >= 0.6 is 0 Å². The van der Waals surface area contributed by atoms with Crippen LogP contribution in [0.1, 0.15) is 32.8 Å². The molecule has 0 radical (unpaired) electrons. The van der Waals surface area contributed by atoms with Gasteiger partial charge < -0.3 is 4.74 Å². The van der Waals surface area contributed by atoms with Crippen molar-refractivity contribution >= 4 is 5.78 Å². The minimum Gasteiger partial charge on any atom is -0.497 e. The van der Waals surface area contributed by atoms with Crippen molar-refractivity contribution < 1.29 is 9.53 Å². The van der Waals surface area contributed by atoms with Gasteiger partial charge in [-0.1, -0.05) is 26.0 Å². The van der Waals surface area contributed by atoms with Crippen molar-refractivity contribution in [2.24, 2.45) is 11.8 Å². The zero-order valence-corrected chi connectivity index (χ0v) is 11.2. The summed E-state index contributed by atoms with van der Waals surface area (Å²) in [6.45, 7) is 5.92. The number of benzene rings is 1. The number of hydrogen-bond acceptors (Lipinski definition) is 2. The second kappa shape index (κ2) is 6.43. The Bertz CT molecular complexity index is 352. The van der Waals surface area contributed by atoms with E-state index < -0.39 is 0 Å². The Balaban J connectivity index is 2.56. The van der Waals surface area contributed by atoms with E-state index in [1.165, 1.54) is 5.56 Å². The summed E-state index contributed by atoms with van der Waals surface area (Å²) in [7, 11) is 1.67. The molecule has 0 amide bonds. The van der Waals surface area contributed by atoms with Gasteiger partial charge in [0.05, 0.1) is 7.11 Å². The summed E-state index contributed by atoms with van der Waals surface area (Å²) < 4.78 is 5.12. The topological polar surface area (TPSA) is 26.3 Å². The van der Waals surface area contributed by atoms with Crippen LogP contribution in [0, 0.1) is 11.8 Å². The second-order valence-electron chi connectivity index (χ2n) is 4.85. The van der Waals surface area contributed by atoms with E-state index in [4.69, 9.17) is 4.74 Å². The molecule has 0 aliphatic rings. The first-order valence-electron chi connectivity index (χ1n) is 6.18. The number of ether oxygens (including phenoxy) is 1. The number of hydrogen-bond donors (Lipinski definition) is 0. The van der Waals surface area contributed by atoms with Crippen LogP contribution in [0.25, 0.3) is 0 Å². The van der Waals surface area contributed by atoms with E-state index in [1.807, 2.05) is 12.1 Å². The molecule has 2 heteroatoms. The van der Waals surface area contributed by atoms with Gasteiger partial charge in [0.15, 0.2) is 0 Å². The third-order valence-corrected chi connectivity index (χ3v) is 3.23. The fourth-order valence-corrected chi connectivity index (χ4v) is 2.12. The highest BCUT2D eigenvalue weighted by atomic mass is 16.5. The highest BCUT2D eigenvalue weighted by molar-refractivity contribution is 5.78. The summed E-state index contributed by atoms with van der Waals surface area (Å²) >= 11 is 0. The average Bonchev–Trinajstić information content (AvgIpc) is 2.29. The quantitative estimate of drug-likeness (QED) is 0.753. The second-order valence-corrected chi connectivity index (χ2v) is 4.85. The molecular formula is C15H22O2. The van der Waals surface area contributed by atoms with Crippen molar-refractivity contribution in [1.82, 2.24) is 0 Å². The molecule has 1 unspecified atom stereocenters. The minimum absolute atomic E-state index is 0.178. The van der Waals surface area contributed by atoms with E-state index in [-0.39, 0.29) is 5.92 Å². The molecule has 0 heterocycles. The Kier molecular flexibility index (Phi) is 5.20. The van der Waals surface area contributed by atoms with Crippen molar-refractivity contribution in [3.63, 3.8) is 0 Å². The molecule has 0 aliphatic carbocycles. The Hall–Kier alpha value is -1.31. The fourth-order valence-electron chi connectivity index (χ4n) is 2.12. The van der Waals surface area contributed by atoms with Crippen LogP contribution in [0.5, 0.6) is 5.75 Å². The molecule has 0 fully saturated rings. The maximum Gasteiger partial charge on any atom is 0.133 e. The summed E-state index contributed by atoms with van der Waals surface area (Å²) in [5.41, 5.74) is 1.26. The van der Waals surface area contributed by atoms with Gasteiger partial charge in [-0.3, -0.25) is 4.79 Å². The lowest BCUT2D eigenvalue weighted by Crippen LogP contribution is -2.18. The Morgan fingerprint density at radius 3 is 2.24 bits per heavy atom. The van der Waals surface area contributed by atoms with E-state index >= 15 is 0 Å². The van der Waals surface area contributed by atoms with E-state index in [2.05, 4.69) is 26.0 Å². The maximum atomic E-state index is 11.5. The smallest absolute Gasteiger partial charge is 0.133 e. The van der Waals surface area contributed by atoms with Crippen LogP contribution in [0.4, 0.5) is 0 Å². The molecule has 0 bridgehead atoms. The summed E-state index contributed by atoms with van der Waals surface area (Å²) in [6.07, 6.45) is 1.88. The van der Waals surface area contributed by atoms with E-state index in [0.717, 1.165) is 18.6 Å². The Morgan fingerprint density at radius 2 is 1.82 bits per heavy atom. The predicted octanol–water partition coefficient (Wildman–Crippen LogP) is 3.49. The molecular weight excluding hydrogens is 212 g/mol. The molecule has 0 saturated carbocycles. The zero-order valence-electron chi connectivity index (χ0n) is 11.2. The van der Waals surface area contributed by atoms with E-state index in [1.54, 1.807) is 14.0 Å². The summed E-state index contributed by atoms with van der Waals surface area (Å²) in [5, 5.41) is 0. The first-order valence-corrected chi connectivity index (χ1v) is 6.18. The number of methoxy groups -OCH3 is 1. The summed E-state index contributed by atoms with van der Waals surface area (Å²) in [6, 6.07) is 8.06.